The summed E-state index contributed by atoms with van der Waals surface area (Å²) >= 11 is 0. The standard InChI is InChI=1S/C31H49NO2/c1-6-13-32-17-19(2)14-26-27(32)20(3)31(34-26)12-10-24-23-8-7-21-15-22(33)9-11-28(21,4)25(23)16-30(24)18-29(30,31)5/h7,19-20,22-27,33H,6,8-18H2,1-5H3/t19-,20+,22-,23-,24-,25-,26+,27-,28-,29?,30?,31+/m0/s1. The van der Waals surface area contributed by atoms with E-state index in [1.54, 1.807) is 5.57 Å². The first-order valence-electron chi connectivity index (χ1n) is 15.0. The molecule has 2 unspecified atom stereocenters. The fourth-order valence-corrected chi connectivity index (χ4v) is 12.0. The Hall–Kier alpha value is -0.380. The molecule has 2 saturated heterocycles. The van der Waals surface area contributed by atoms with E-state index in [1.807, 2.05) is 0 Å². The van der Waals surface area contributed by atoms with Crippen molar-refractivity contribution in [2.24, 2.45) is 45.8 Å². The van der Waals surface area contributed by atoms with E-state index >= 15 is 0 Å². The quantitative estimate of drug-likeness (QED) is 0.491. The van der Waals surface area contributed by atoms with Gasteiger partial charge in [-0.05, 0) is 105 Å². The second kappa shape index (κ2) is 7.13. The van der Waals surface area contributed by atoms with E-state index in [-0.39, 0.29) is 11.7 Å². The van der Waals surface area contributed by atoms with E-state index in [2.05, 4.69) is 45.6 Å². The van der Waals surface area contributed by atoms with Crippen LogP contribution in [0.15, 0.2) is 11.6 Å². The van der Waals surface area contributed by atoms with Crippen molar-refractivity contribution in [3.63, 3.8) is 0 Å². The van der Waals surface area contributed by atoms with Crippen LogP contribution in [0, 0.1) is 45.8 Å². The van der Waals surface area contributed by atoms with E-state index in [0.29, 0.717) is 34.3 Å². The summed E-state index contributed by atoms with van der Waals surface area (Å²) in [5, 5.41) is 10.4. The number of likely N-dealkylation sites (tertiary alicyclic amines) is 1. The third-order valence-electron chi connectivity index (χ3n) is 13.5. The first kappa shape index (κ1) is 22.8. The molecule has 190 valence electrons. The number of fused-ring (bicyclic) bond motifs is 6. The summed E-state index contributed by atoms with van der Waals surface area (Å²) in [7, 11) is 0. The van der Waals surface area contributed by atoms with Crippen molar-refractivity contribution in [2.45, 2.75) is 123 Å². The maximum absolute atomic E-state index is 10.4. The maximum Gasteiger partial charge on any atom is 0.0787 e. The summed E-state index contributed by atoms with van der Waals surface area (Å²) in [5.74, 6) is 4.02. The largest absolute Gasteiger partial charge is 0.393 e. The van der Waals surface area contributed by atoms with Crippen LogP contribution in [0.5, 0.6) is 0 Å². The fourth-order valence-electron chi connectivity index (χ4n) is 12.0. The van der Waals surface area contributed by atoms with Gasteiger partial charge in [-0.15, -0.1) is 0 Å². The Labute approximate surface area is 208 Å². The number of aliphatic hydroxyl groups is 1. The third-order valence-corrected chi connectivity index (χ3v) is 13.5. The highest BCUT2D eigenvalue weighted by Gasteiger charge is 2.84. The smallest absolute Gasteiger partial charge is 0.0787 e. The molecule has 0 aromatic heterocycles. The molecule has 3 nitrogen and oxygen atoms in total. The van der Waals surface area contributed by atoms with Gasteiger partial charge in [0.25, 0.3) is 0 Å². The molecule has 7 aliphatic rings. The lowest BCUT2D eigenvalue weighted by atomic mass is 9.56. The normalized spacial score (nSPS) is 60.1. The topological polar surface area (TPSA) is 32.7 Å². The van der Waals surface area contributed by atoms with E-state index in [9.17, 15) is 5.11 Å². The lowest BCUT2D eigenvalue weighted by Gasteiger charge is -2.50. The molecule has 1 N–H and O–H groups in total. The molecule has 0 aromatic rings. The first-order chi connectivity index (χ1) is 16.2. The molecule has 2 heterocycles. The van der Waals surface area contributed by atoms with Gasteiger partial charge in [0.1, 0.15) is 0 Å². The van der Waals surface area contributed by atoms with Crippen molar-refractivity contribution in [1.29, 1.82) is 0 Å². The summed E-state index contributed by atoms with van der Waals surface area (Å²) < 4.78 is 7.42. The molecular formula is C31H49NO2. The van der Waals surface area contributed by atoms with Gasteiger partial charge in [0.15, 0.2) is 0 Å². The number of ether oxygens (including phenoxy) is 1. The zero-order valence-corrected chi connectivity index (χ0v) is 22.5. The summed E-state index contributed by atoms with van der Waals surface area (Å²) in [5.41, 5.74) is 2.94. The van der Waals surface area contributed by atoms with Crippen molar-refractivity contribution < 1.29 is 9.84 Å². The Bertz CT molecular complexity index is 900. The van der Waals surface area contributed by atoms with Crippen LogP contribution in [-0.2, 0) is 4.74 Å². The Morgan fingerprint density at radius 1 is 1.15 bits per heavy atom. The molecule has 0 amide bonds. The molecule has 0 bridgehead atoms. The molecule has 4 saturated carbocycles. The van der Waals surface area contributed by atoms with Gasteiger partial charge in [0, 0.05) is 23.9 Å². The van der Waals surface area contributed by atoms with Gasteiger partial charge >= 0.3 is 0 Å². The van der Waals surface area contributed by atoms with Gasteiger partial charge in [-0.2, -0.15) is 0 Å². The fraction of sp³-hybridized carbons (Fsp3) is 0.935. The third kappa shape index (κ3) is 2.56. The minimum Gasteiger partial charge on any atom is -0.393 e. The van der Waals surface area contributed by atoms with Crippen LogP contribution in [0.1, 0.15) is 98.8 Å². The van der Waals surface area contributed by atoms with E-state index < -0.39 is 0 Å². The maximum atomic E-state index is 10.4. The van der Waals surface area contributed by atoms with Gasteiger partial charge in [0.05, 0.1) is 17.8 Å². The number of aliphatic hydroxyl groups excluding tert-OH is 1. The van der Waals surface area contributed by atoms with Crippen molar-refractivity contribution in [1.82, 2.24) is 4.90 Å². The highest BCUT2D eigenvalue weighted by molar-refractivity contribution is 5.36. The van der Waals surface area contributed by atoms with E-state index in [4.69, 9.17) is 4.74 Å². The van der Waals surface area contributed by atoms with Crippen LogP contribution in [-0.4, -0.2) is 46.9 Å². The van der Waals surface area contributed by atoms with Crippen LogP contribution in [0.2, 0.25) is 0 Å². The number of hydrogen-bond acceptors (Lipinski definition) is 3. The number of nitrogens with zero attached hydrogens (tertiary/aromatic N) is 1. The number of allylic oxidation sites excluding steroid dienone is 1. The van der Waals surface area contributed by atoms with E-state index in [1.165, 1.54) is 64.5 Å². The first-order valence-corrected chi connectivity index (χ1v) is 15.0. The zero-order chi connectivity index (χ0) is 23.7. The van der Waals surface area contributed by atoms with Crippen molar-refractivity contribution in [3.8, 4) is 0 Å². The molecule has 2 aliphatic heterocycles. The van der Waals surface area contributed by atoms with Gasteiger partial charge in [-0.3, -0.25) is 4.90 Å². The van der Waals surface area contributed by atoms with Crippen molar-refractivity contribution in [3.05, 3.63) is 11.6 Å². The van der Waals surface area contributed by atoms with Gasteiger partial charge in [-0.25, -0.2) is 0 Å². The summed E-state index contributed by atoms with van der Waals surface area (Å²) in [4.78, 5) is 2.84. The molecule has 6 fully saturated rings. The summed E-state index contributed by atoms with van der Waals surface area (Å²) in [6.07, 6.45) is 15.4. The van der Waals surface area contributed by atoms with Crippen LogP contribution in [0.4, 0.5) is 0 Å². The highest BCUT2D eigenvalue weighted by atomic mass is 16.5. The average Bonchev–Trinajstić information content (AvgIpc) is 3.13. The lowest BCUT2D eigenvalue weighted by molar-refractivity contribution is -0.148. The molecule has 0 radical (unpaired) electrons. The van der Waals surface area contributed by atoms with Gasteiger partial charge in [0.2, 0.25) is 0 Å². The Kier molecular flexibility index (Phi) is 4.78. The summed E-state index contributed by atoms with van der Waals surface area (Å²) in [6, 6.07) is 0.636. The van der Waals surface area contributed by atoms with Crippen molar-refractivity contribution >= 4 is 0 Å². The monoisotopic (exact) mass is 467 g/mol. The second-order valence-electron chi connectivity index (χ2n) is 14.7. The molecule has 34 heavy (non-hydrogen) atoms. The van der Waals surface area contributed by atoms with E-state index in [0.717, 1.165) is 36.5 Å². The van der Waals surface area contributed by atoms with Crippen LogP contribution in [0.25, 0.3) is 0 Å². The number of hydrogen-bond donors (Lipinski definition) is 1. The Morgan fingerprint density at radius 3 is 2.76 bits per heavy atom. The molecule has 2 spiro atoms. The minimum absolute atomic E-state index is 0.0995. The molecule has 5 aliphatic carbocycles. The Morgan fingerprint density at radius 2 is 1.97 bits per heavy atom. The molecular weight excluding hydrogens is 418 g/mol. The highest BCUT2D eigenvalue weighted by Crippen LogP contribution is 2.87. The predicted molar refractivity (Wildman–Crippen MR) is 136 cm³/mol. The predicted octanol–water partition coefficient (Wildman–Crippen LogP) is 6.20. The van der Waals surface area contributed by atoms with Crippen LogP contribution >= 0.6 is 0 Å². The molecule has 0 aromatic carbocycles. The summed E-state index contributed by atoms with van der Waals surface area (Å²) in [6.45, 7) is 15.2. The molecule has 7 rings (SSSR count). The number of rotatable bonds is 2. The average molecular weight is 468 g/mol. The van der Waals surface area contributed by atoms with Gasteiger partial charge < -0.3 is 9.84 Å². The SMILES string of the molecule is CCCN1C[C@@H](C)C[C@H]2O[C@]3(CC[C@H]4[C@@H]5CC=C6C[C@@H](O)CC[C@]6(C)[C@H]5CC45CC53C)[C@H](C)[C@@H]21. The zero-order valence-electron chi connectivity index (χ0n) is 22.5. The van der Waals surface area contributed by atoms with Gasteiger partial charge in [-0.1, -0.05) is 46.3 Å². The lowest BCUT2D eigenvalue weighted by Crippen LogP contribution is -2.54. The molecule has 12 atom stereocenters. The number of piperidine rings is 1. The van der Waals surface area contributed by atoms with Crippen LogP contribution < -0.4 is 0 Å². The minimum atomic E-state index is -0.100. The Balaban J connectivity index is 1.21. The van der Waals surface area contributed by atoms with Crippen molar-refractivity contribution in [2.75, 3.05) is 13.1 Å². The molecule has 3 heteroatoms. The van der Waals surface area contributed by atoms with Crippen LogP contribution in [0.3, 0.4) is 0 Å². The second-order valence-corrected chi connectivity index (χ2v) is 14.7.